The monoisotopic (exact) mass is 524 g/mol. The normalized spacial score (nSPS) is 13.7. The molecule has 1 aliphatic heterocycles. The highest BCUT2D eigenvalue weighted by atomic mass is 19.1. The lowest BCUT2D eigenvalue weighted by molar-refractivity contribution is -0.134. The fourth-order valence-corrected chi connectivity index (χ4v) is 5.34. The van der Waals surface area contributed by atoms with E-state index in [9.17, 15) is 9.18 Å². The molecular formula is C33H37FN4O. The molecule has 5 rings (SSSR count). The first-order valence-electron chi connectivity index (χ1n) is 14.1. The fourth-order valence-electron chi connectivity index (χ4n) is 5.34. The number of hydrogen-bond acceptors (Lipinski definition) is 3. The Bertz CT molecular complexity index is 1380. The van der Waals surface area contributed by atoms with E-state index >= 15 is 0 Å². The molecule has 2 heterocycles. The molecule has 4 aromatic rings. The Labute approximate surface area is 230 Å². The number of amides is 1. The van der Waals surface area contributed by atoms with Crippen LogP contribution < -0.4 is 5.32 Å². The molecule has 39 heavy (non-hydrogen) atoms. The first-order chi connectivity index (χ1) is 19.0. The molecule has 1 atom stereocenters. The number of carbonyl (C=O) groups excluding carboxylic acids is 1. The first-order valence-corrected chi connectivity index (χ1v) is 14.1. The van der Waals surface area contributed by atoms with Crippen molar-refractivity contribution in [3.05, 3.63) is 102 Å². The number of aryl methyl sites for hydroxylation is 1. The van der Waals surface area contributed by atoms with E-state index in [-0.39, 0.29) is 17.6 Å². The van der Waals surface area contributed by atoms with E-state index in [4.69, 9.17) is 4.98 Å². The van der Waals surface area contributed by atoms with Crippen molar-refractivity contribution in [1.82, 2.24) is 14.5 Å². The summed E-state index contributed by atoms with van der Waals surface area (Å²) >= 11 is 0. The highest BCUT2D eigenvalue weighted by Gasteiger charge is 2.31. The van der Waals surface area contributed by atoms with E-state index in [2.05, 4.69) is 48.0 Å². The summed E-state index contributed by atoms with van der Waals surface area (Å²) in [5.74, 6) is 1.45. The molecule has 0 spiro atoms. The standard InChI is InChI=1S/C33H37FN4O/c1-3-4-5-9-12-29(25-10-7-6-8-11-25)33(39)37-21-22-38-30(23-37)36-31(26-15-17-27(34)18-16-26)32(38)35-28-19-13-24(2)14-20-28/h6-8,10-11,13-20,29,35H,3-5,9,12,21-23H2,1-2H3/t29-/m0/s1. The van der Waals surface area contributed by atoms with Gasteiger partial charge in [-0.3, -0.25) is 4.79 Å². The van der Waals surface area contributed by atoms with Crippen LogP contribution in [0.3, 0.4) is 0 Å². The second-order valence-electron chi connectivity index (χ2n) is 10.4. The lowest BCUT2D eigenvalue weighted by Gasteiger charge is -2.32. The Kier molecular flexibility index (Phi) is 8.40. The number of halogens is 1. The summed E-state index contributed by atoms with van der Waals surface area (Å²) in [5.41, 5.74) is 4.83. The number of fused-ring (bicyclic) bond motifs is 1. The average molecular weight is 525 g/mol. The van der Waals surface area contributed by atoms with E-state index in [1.807, 2.05) is 35.2 Å². The molecule has 0 radical (unpaired) electrons. The molecule has 0 aliphatic carbocycles. The van der Waals surface area contributed by atoms with Crippen LogP contribution in [0.25, 0.3) is 11.3 Å². The molecule has 0 unspecified atom stereocenters. The van der Waals surface area contributed by atoms with Crippen LogP contribution in [0.5, 0.6) is 0 Å². The second-order valence-corrected chi connectivity index (χ2v) is 10.4. The van der Waals surface area contributed by atoms with Crippen LogP contribution in [0.2, 0.25) is 0 Å². The zero-order chi connectivity index (χ0) is 27.2. The number of anilines is 2. The van der Waals surface area contributed by atoms with Gasteiger partial charge >= 0.3 is 0 Å². The number of unbranched alkanes of at least 4 members (excludes halogenated alkanes) is 3. The quantitative estimate of drug-likeness (QED) is 0.215. The van der Waals surface area contributed by atoms with E-state index in [0.29, 0.717) is 19.6 Å². The number of imidazole rings is 1. The minimum absolute atomic E-state index is 0.147. The predicted octanol–water partition coefficient (Wildman–Crippen LogP) is 7.84. The van der Waals surface area contributed by atoms with Gasteiger partial charge in [0, 0.05) is 24.3 Å². The first kappa shape index (κ1) is 26.7. The number of carbonyl (C=O) groups is 1. The highest BCUT2D eigenvalue weighted by Crippen LogP contribution is 2.34. The summed E-state index contributed by atoms with van der Waals surface area (Å²) in [6.07, 6.45) is 5.41. The van der Waals surface area contributed by atoms with Gasteiger partial charge in [0.05, 0.1) is 12.5 Å². The molecule has 202 valence electrons. The summed E-state index contributed by atoms with van der Waals surface area (Å²) in [7, 11) is 0. The SMILES string of the molecule is CCCCCC[C@H](C(=O)N1CCn2c(nc(-c3ccc(F)cc3)c2Nc2ccc(C)cc2)C1)c1ccccc1. The molecular weight excluding hydrogens is 487 g/mol. The maximum Gasteiger partial charge on any atom is 0.230 e. The van der Waals surface area contributed by atoms with E-state index in [1.54, 1.807) is 12.1 Å². The van der Waals surface area contributed by atoms with Crippen LogP contribution in [0.15, 0.2) is 78.9 Å². The molecule has 3 aromatic carbocycles. The zero-order valence-electron chi connectivity index (χ0n) is 22.9. The molecule has 1 amide bonds. The summed E-state index contributed by atoms with van der Waals surface area (Å²) in [6.45, 7) is 5.97. The van der Waals surface area contributed by atoms with Gasteiger partial charge in [0.25, 0.3) is 0 Å². The number of nitrogens with one attached hydrogen (secondary N) is 1. The van der Waals surface area contributed by atoms with Crippen LogP contribution in [-0.4, -0.2) is 26.9 Å². The van der Waals surface area contributed by atoms with Gasteiger partial charge in [-0.05, 0) is 55.3 Å². The summed E-state index contributed by atoms with van der Waals surface area (Å²) < 4.78 is 15.9. The van der Waals surface area contributed by atoms with Crippen LogP contribution in [0, 0.1) is 12.7 Å². The Hall–Kier alpha value is -3.93. The number of rotatable bonds is 10. The molecule has 1 aliphatic rings. The van der Waals surface area contributed by atoms with Crippen LogP contribution in [0.4, 0.5) is 15.9 Å². The van der Waals surface area contributed by atoms with Crippen molar-refractivity contribution in [3.63, 3.8) is 0 Å². The van der Waals surface area contributed by atoms with Gasteiger partial charge < -0.3 is 14.8 Å². The van der Waals surface area contributed by atoms with Crippen molar-refractivity contribution in [2.75, 3.05) is 11.9 Å². The van der Waals surface area contributed by atoms with E-state index in [0.717, 1.165) is 53.4 Å². The minimum Gasteiger partial charge on any atom is -0.340 e. The van der Waals surface area contributed by atoms with Gasteiger partial charge in [0.15, 0.2) is 0 Å². The van der Waals surface area contributed by atoms with Gasteiger partial charge in [-0.25, -0.2) is 9.37 Å². The zero-order valence-corrected chi connectivity index (χ0v) is 22.9. The Morgan fingerprint density at radius 3 is 2.41 bits per heavy atom. The molecule has 6 heteroatoms. The third-order valence-corrected chi connectivity index (χ3v) is 7.56. The minimum atomic E-state index is -0.279. The Morgan fingerprint density at radius 1 is 0.949 bits per heavy atom. The predicted molar refractivity (Wildman–Crippen MR) is 155 cm³/mol. The maximum atomic E-state index is 13.9. The van der Waals surface area contributed by atoms with Gasteiger partial charge in [-0.2, -0.15) is 0 Å². The fraction of sp³-hybridized carbons (Fsp3) is 0.333. The lowest BCUT2D eigenvalue weighted by Crippen LogP contribution is -2.41. The van der Waals surface area contributed by atoms with Crippen LogP contribution in [0.1, 0.15) is 61.9 Å². The Balaban J connectivity index is 1.43. The number of nitrogens with zero attached hydrogens (tertiary/aromatic N) is 3. The summed E-state index contributed by atoms with van der Waals surface area (Å²) in [4.78, 5) is 20.9. The third-order valence-electron chi connectivity index (χ3n) is 7.56. The molecule has 0 bridgehead atoms. The van der Waals surface area contributed by atoms with Gasteiger partial charge in [-0.15, -0.1) is 0 Å². The van der Waals surface area contributed by atoms with E-state index < -0.39 is 0 Å². The third kappa shape index (κ3) is 6.22. The van der Waals surface area contributed by atoms with Crippen LogP contribution in [-0.2, 0) is 17.9 Å². The maximum absolute atomic E-state index is 13.9. The molecule has 0 saturated carbocycles. The average Bonchev–Trinajstić information content (AvgIpc) is 3.32. The molecule has 1 N–H and O–H groups in total. The largest absolute Gasteiger partial charge is 0.340 e. The second kappa shape index (κ2) is 12.3. The highest BCUT2D eigenvalue weighted by molar-refractivity contribution is 5.84. The number of aromatic nitrogens is 2. The van der Waals surface area contributed by atoms with Crippen molar-refractivity contribution in [2.45, 2.75) is 65.0 Å². The molecule has 0 saturated heterocycles. The van der Waals surface area contributed by atoms with E-state index in [1.165, 1.54) is 30.5 Å². The van der Waals surface area contributed by atoms with Gasteiger partial charge in [0.1, 0.15) is 23.2 Å². The number of benzene rings is 3. The van der Waals surface area contributed by atoms with Crippen molar-refractivity contribution in [3.8, 4) is 11.3 Å². The van der Waals surface area contributed by atoms with Crippen molar-refractivity contribution in [1.29, 1.82) is 0 Å². The topological polar surface area (TPSA) is 50.2 Å². The molecule has 5 nitrogen and oxygen atoms in total. The van der Waals surface area contributed by atoms with Crippen molar-refractivity contribution >= 4 is 17.4 Å². The molecule has 0 fully saturated rings. The number of hydrogen-bond donors (Lipinski definition) is 1. The van der Waals surface area contributed by atoms with Gasteiger partial charge in [0.2, 0.25) is 5.91 Å². The summed E-state index contributed by atoms with van der Waals surface area (Å²) in [6, 6.07) is 24.8. The van der Waals surface area contributed by atoms with Crippen LogP contribution >= 0.6 is 0 Å². The van der Waals surface area contributed by atoms with Crippen molar-refractivity contribution < 1.29 is 9.18 Å². The Morgan fingerprint density at radius 2 is 1.69 bits per heavy atom. The summed E-state index contributed by atoms with van der Waals surface area (Å²) in [5, 5.41) is 3.56. The lowest BCUT2D eigenvalue weighted by atomic mass is 9.91. The smallest absolute Gasteiger partial charge is 0.230 e. The molecule has 1 aromatic heterocycles. The van der Waals surface area contributed by atoms with Crippen molar-refractivity contribution in [2.24, 2.45) is 0 Å². The van der Waals surface area contributed by atoms with Gasteiger partial charge in [-0.1, -0.05) is 80.6 Å².